The largest absolute Gasteiger partial charge is 0.309 e. The summed E-state index contributed by atoms with van der Waals surface area (Å²) in [4.78, 5) is 0. The van der Waals surface area contributed by atoms with Crippen molar-refractivity contribution in [3.05, 3.63) is 218 Å². The van der Waals surface area contributed by atoms with Crippen LogP contribution in [0.15, 0.2) is 218 Å². The third-order valence-electron chi connectivity index (χ3n) is 12.9. The van der Waals surface area contributed by atoms with Crippen LogP contribution < -0.4 is 0 Å². The summed E-state index contributed by atoms with van der Waals surface area (Å²) < 4.78 is 4.81. The van der Waals surface area contributed by atoms with Crippen LogP contribution in [-0.4, -0.2) is 9.13 Å². The fraction of sp³-hybridized carbons (Fsp3) is 0. The molecular weight excluding hydrogens is 725 g/mol. The third kappa shape index (κ3) is 4.82. The predicted molar refractivity (Wildman–Crippen MR) is 253 cm³/mol. The van der Waals surface area contributed by atoms with Gasteiger partial charge >= 0.3 is 0 Å². The van der Waals surface area contributed by atoms with E-state index in [-0.39, 0.29) is 0 Å². The molecule has 13 rings (SSSR count). The van der Waals surface area contributed by atoms with E-state index in [2.05, 4.69) is 228 Å². The molecule has 0 spiro atoms. The topological polar surface area (TPSA) is 9.86 Å². The molecule has 12 aromatic rings. The van der Waals surface area contributed by atoms with Crippen LogP contribution in [-0.2, 0) is 0 Å². The molecule has 0 fully saturated rings. The number of rotatable bonds is 5. The van der Waals surface area contributed by atoms with Crippen molar-refractivity contribution >= 4 is 54.4 Å². The van der Waals surface area contributed by atoms with Crippen LogP contribution in [0.4, 0.5) is 0 Å². The Balaban J connectivity index is 0.910. The molecule has 60 heavy (non-hydrogen) atoms. The van der Waals surface area contributed by atoms with Crippen LogP contribution in [0.5, 0.6) is 0 Å². The first-order chi connectivity index (χ1) is 29.8. The molecule has 0 bridgehead atoms. The average molecular weight is 761 g/mol. The van der Waals surface area contributed by atoms with E-state index < -0.39 is 0 Å². The SMILES string of the molecule is c1ccc(-n2c3ccccc3c3cc(-c4ccc5c(c4)c4ccccc4n5-c4cccc(-c5cccc(-c6ccc7c8c(cccc68)-c6ccccc6-7)c5)c4)ccc32)cc1. The number of benzene rings is 10. The Morgan fingerprint density at radius 1 is 0.217 bits per heavy atom. The quantitative estimate of drug-likeness (QED) is 0.165. The Kier molecular flexibility index (Phi) is 7.05. The number of hydrogen-bond donors (Lipinski definition) is 0. The summed E-state index contributed by atoms with van der Waals surface area (Å²) >= 11 is 0. The third-order valence-corrected chi connectivity index (χ3v) is 12.9. The lowest BCUT2D eigenvalue weighted by Gasteiger charge is -2.13. The van der Waals surface area contributed by atoms with Crippen molar-refractivity contribution < 1.29 is 0 Å². The van der Waals surface area contributed by atoms with E-state index in [1.165, 1.54) is 116 Å². The van der Waals surface area contributed by atoms with E-state index in [1.54, 1.807) is 0 Å². The van der Waals surface area contributed by atoms with Gasteiger partial charge in [-0.1, -0.05) is 152 Å². The molecule has 0 amide bonds. The van der Waals surface area contributed by atoms with E-state index in [9.17, 15) is 0 Å². The summed E-state index contributed by atoms with van der Waals surface area (Å²) in [6, 6.07) is 80.4. The highest BCUT2D eigenvalue weighted by Crippen LogP contribution is 2.49. The van der Waals surface area contributed by atoms with Crippen LogP contribution in [0.2, 0.25) is 0 Å². The minimum absolute atomic E-state index is 1.15. The van der Waals surface area contributed by atoms with E-state index in [1.807, 2.05) is 0 Å². The van der Waals surface area contributed by atoms with Crippen molar-refractivity contribution in [1.29, 1.82) is 0 Å². The summed E-state index contributed by atoms with van der Waals surface area (Å²) in [5, 5.41) is 7.67. The van der Waals surface area contributed by atoms with Crippen molar-refractivity contribution in [2.45, 2.75) is 0 Å². The van der Waals surface area contributed by atoms with E-state index >= 15 is 0 Å². The monoisotopic (exact) mass is 760 g/mol. The molecule has 0 aliphatic heterocycles. The van der Waals surface area contributed by atoms with Gasteiger partial charge in [0.2, 0.25) is 0 Å². The summed E-state index contributed by atoms with van der Waals surface area (Å²) in [6.45, 7) is 0. The van der Waals surface area contributed by atoms with Crippen LogP contribution in [0, 0.1) is 0 Å². The standard InChI is InChI=1S/C58H36N2/c1-2-16-42(17-3-1)59-54-25-8-6-21-47(54)52-35-39(27-31-56(52)59)40-28-32-57-53(36-40)48-22-7-9-26-55(48)60(57)43-18-11-14-38(34-43)37-13-10-15-41(33-37)44-29-30-51-46-20-5-4-19-45(46)50-24-12-23-49(44)58(50)51/h1-36H. The maximum Gasteiger partial charge on any atom is 0.0541 e. The average Bonchev–Trinajstić information content (AvgIpc) is 3.95. The van der Waals surface area contributed by atoms with Crippen molar-refractivity contribution in [2.75, 3.05) is 0 Å². The molecule has 0 radical (unpaired) electrons. The van der Waals surface area contributed by atoms with Gasteiger partial charge in [0, 0.05) is 32.9 Å². The molecule has 2 aromatic heterocycles. The summed E-state index contributed by atoms with van der Waals surface area (Å²) in [5.41, 5.74) is 19.8. The zero-order valence-corrected chi connectivity index (χ0v) is 32.7. The summed E-state index contributed by atoms with van der Waals surface area (Å²) in [6.07, 6.45) is 0. The van der Waals surface area contributed by atoms with Gasteiger partial charge in [-0.25, -0.2) is 0 Å². The number of hydrogen-bond acceptors (Lipinski definition) is 0. The van der Waals surface area contributed by atoms with Crippen molar-refractivity contribution in [3.63, 3.8) is 0 Å². The van der Waals surface area contributed by atoms with Crippen LogP contribution in [0.25, 0.3) is 121 Å². The lowest BCUT2D eigenvalue weighted by atomic mass is 9.92. The van der Waals surface area contributed by atoms with Crippen LogP contribution in [0.1, 0.15) is 0 Å². The molecule has 1 aliphatic rings. The second-order valence-electron chi connectivity index (χ2n) is 16.1. The molecule has 0 N–H and O–H groups in total. The van der Waals surface area contributed by atoms with Gasteiger partial charge < -0.3 is 9.13 Å². The van der Waals surface area contributed by atoms with Gasteiger partial charge in [-0.3, -0.25) is 0 Å². The van der Waals surface area contributed by atoms with Gasteiger partial charge in [-0.05, 0) is 133 Å². The first kappa shape index (κ1) is 33.1. The van der Waals surface area contributed by atoms with Gasteiger partial charge in [0.05, 0.1) is 22.1 Å². The molecule has 2 heterocycles. The van der Waals surface area contributed by atoms with Gasteiger partial charge in [0.15, 0.2) is 0 Å². The van der Waals surface area contributed by atoms with Crippen molar-refractivity contribution in [2.24, 2.45) is 0 Å². The fourth-order valence-corrected chi connectivity index (χ4v) is 10.2. The lowest BCUT2D eigenvalue weighted by molar-refractivity contribution is 1.18. The Labute approximate surface area is 347 Å². The molecule has 0 saturated heterocycles. The van der Waals surface area contributed by atoms with Crippen LogP contribution >= 0.6 is 0 Å². The smallest absolute Gasteiger partial charge is 0.0541 e. The van der Waals surface area contributed by atoms with Gasteiger partial charge in [-0.2, -0.15) is 0 Å². The Morgan fingerprint density at radius 3 is 1.37 bits per heavy atom. The minimum atomic E-state index is 1.15. The molecular formula is C58H36N2. The van der Waals surface area contributed by atoms with Gasteiger partial charge in [0.1, 0.15) is 0 Å². The number of nitrogens with zero attached hydrogens (tertiary/aromatic N) is 2. The molecule has 1 aliphatic carbocycles. The highest BCUT2D eigenvalue weighted by Gasteiger charge is 2.22. The number of aromatic nitrogens is 2. The Bertz CT molecular complexity index is 3680. The Morgan fingerprint density at radius 2 is 0.667 bits per heavy atom. The van der Waals surface area contributed by atoms with Crippen molar-refractivity contribution in [1.82, 2.24) is 9.13 Å². The number of fused-ring (bicyclic) bond motifs is 9. The first-order valence-corrected chi connectivity index (χ1v) is 20.8. The molecule has 0 saturated carbocycles. The molecule has 0 unspecified atom stereocenters. The number of para-hydroxylation sites is 3. The van der Waals surface area contributed by atoms with E-state index in [4.69, 9.17) is 0 Å². The molecule has 2 heteroatoms. The maximum absolute atomic E-state index is 2.43. The second-order valence-corrected chi connectivity index (χ2v) is 16.1. The fourth-order valence-electron chi connectivity index (χ4n) is 10.2. The summed E-state index contributed by atoms with van der Waals surface area (Å²) in [5.74, 6) is 0. The molecule has 0 atom stereocenters. The Hall–Kier alpha value is -7.94. The molecule has 278 valence electrons. The normalized spacial score (nSPS) is 12.0. The predicted octanol–water partition coefficient (Wildman–Crippen LogP) is 15.7. The van der Waals surface area contributed by atoms with Gasteiger partial charge in [0.25, 0.3) is 0 Å². The summed E-state index contributed by atoms with van der Waals surface area (Å²) in [7, 11) is 0. The molecule has 2 nitrogen and oxygen atoms in total. The van der Waals surface area contributed by atoms with E-state index in [0.29, 0.717) is 0 Å². The highest BCUT2D eigenvalue weighted by atomic mass is 15.0. The van der Waals surface area contributed by atoms with Crippen molar-refractivity contribution in [3.8, 4) is 67.0 Å². The molecule has 10 aromatic carbocycles. The zero-order chi connectivity index (χ0) is 39.3. The van der Waals surface area contributed by atoms with E-state index in [0.717, 1.165) is 5.69 Å². The van der Waals surface area contributed by atoms with Crippen LogP contribution in [0.3, 0.4) is 0 Å². The second kappa shape index (κ2) is 12.8. The first-order valence-electron chi connectivity index (χ1n) is 20.8. The zero-order valence-electron chi connectivity index (χ0n) is 32.7. The maximum atomic E-state index is 2.43. The highest BCUT2D eigenvalue weighted by molar-refractivity contribution is 6.19. The lowest BCUT2D eigenvalue weighted by Crippen LogP contribution is -1.94. The minimum Gasteiger partial charge on any atom is -0.309 e. The van der Waals surface area contributed by atoms with Gasteiger partial charge in [-0.15, -0.1) is 0 Å².